The van der Waals surface area contributed by atoms with Gasteiger partial charge in [-0.25, -0.2) is 4.79 Å². The van der Waals surface area contributed by atoms with Crippen LogP contribution in [0.25, 0.3) is 11.1 Å². The monoisotopic (exact) mass is 539 g/mol. The van der Waals surface area contributed by atoms with Gasteiger partial charge in [0.25, 0.3) is 0 Å². The Hall–Kier alpha value is -3.67. The number of rotatable bonds is 6. The van der Waals surface area contributed by atoms with Crippen LogP contribution in [0.1, 0.15) is 68.2 Å². The minimum absolute atomic E-state index is 0.00725. The van der Waals surface area contributed by atoms with Crippen molar-refractivity contribution in [3.8, 4) is 11.1 Å². The largest absolute Gasteiger partial charge is 0.444 e. The Morgan fingerprint density at radius 3 is 2.40 bits per heavy atom. The van der Waals surface area contributed by atoms with E-state index in [4.69, 9.17) is 4.74 Å². The molecule has 2 aromatic carbocycles. The van der Waals surface area contributed by atoms with Crippen LogP contribution in [0.4, 0.5) is 4.79 Å². The van der Waals surface area contributed by atoms with Gasteiger partial charge in [0.15, 0.2) is 0 Å². The topological polar surface area (TPSA) is 62.7 Å². The molecule has 6 heteroatoms. The molecular weight excluding hydrogens is 498 g/mol. The predicted octanol–water partition coefficient (Wildman–Crippen LogP) is 6.90. The molecule has 0 spiro atoms. The summed E-state index contributed by atoms with van der Waals surface area (Å²) in [4.78, 5) is 35.6. The van der Waals surface area contributed by atoms with Crippen LogP contribution in [0.2, 0.25) is 0 Å². The van der Waals surface area contributed by atoms with Gasteiger partial charge in [-0.05, 0) is 105 Å². The van der Waals surface area contributed by atoms with Crippen LogP contribution in [0.3, 0.4) is 0 Å². The summed E-state index contributed by atoms with van der Waals surface area (Å²) in [5, 5.41) is 0. The number of ether oxygens (including phenoxy) is 1. The molecule has 1 aliphatic heterocycles. The molecule has 2 aliphatic rings. The lowest BCUT2D eigenvalue weighted by atomic mass is 9.79. The van der Waals surface area contributed by atoms with Gasteiger partial charge in [0.1, 0.15) is 5.60 Å². The number of piperidine rings is 1. The molecule has 1 aromatic heterocycles. The van der Waals surface area contributed by atoms with Gasteiger partial charge < -0.3 is 14.5 Å². The van der Waals surface area contributed by atoms with Crippen molar-refractivity contribution >= 4 is 12.0 Å². The van der Waals surface area contributed by atoms with Gasteiger partial charge >= 0.3 is 6.09 Å². The molecule has 0 bridgehead atoms. The second kappa shape index (κ2) is 11.4. The highest BCUT2D eigenvalue weighted by Gasteiger charge is 2.43. The van der Waals surface area contributed by atoms with E-state index in [2.05, 4.69) is 66.2 Å². The second-order valence-corrected chi connectivity index (χ2v) is 12.3. The first-order valence-corrected chi connectivity index (χ1v) is 14.4. The van der Waals surface area contributed by atoms with Crippen molar-refractivity contribution in [3.05, 3.63) is 89.2 Å². The zero-order valence-electron chi connectivity index (χ0n) is 24.4. The molecule has 210 valence electrons. The van der Waals surface area contributed by atoms with E-state index in [1.54, 1.807) is 17.3 Å². The number of aromatic nitrogens is 1. The molecule has 6 nitrogen and oxygen atoms in total. The molecule has 0 unspecified atom stereocenters. The normalized spacial score (nSPS) is 19.3. The maximum atomic E-state index is 14.5. The summed E-state index contributed by atoms with van der Waals surface area (Å²) < 4.78 is 5.72. The van der Waals surface area contributed by atoms with E-state index >= 15 is 0 Å². The lowest BCUT2D eigenvalue weighted by molar-refractivity contribution is -0.139. The van der Waals surface area contributed by atoms with E-state index in [0.717, 1.165) is 29.5 Å². The first kappa shape index (κ1) is 27.9. The Labute approximate surface area is 238 Å². The summed E-state index contributed by atoms with van der Waals surface area (Å²) in [6.45, 7) is 11.4. The van der Waals surface area contributed by atoms with Gasteiger partial charge in [-0.2, -0.15) is 0 Å². The van der Waals surface area contributed by atoms with Crippen LogP contribution in [0.5, 0.6) is 0 Å². The van der Waals surface area contributed by atoms with Crippen molar-refractivity contribution in [2.24, 2.45) is 5.92 Å². The Bertz CT molecular complexity index is 1360. The number of pyridine rings is 1. The maximum absolute atomic E-state index is 14.5. The van der Waals surface area contributed by atoms with Crippen molar-refractivity contribution in [2.45, 2.75) is 78.0 Å². The Morgan fingerprint density at radius 2 is 1.70 bits per heavy atom. The van der Waals surface area contributed by atoms with Gasteiger partial charge in [0.05, 0.1) is 5.92 Å². The van der Waals surface area contributed by atoms with E-state index < -0.39 is 5.60 Å². The lowest BCUT2D eigenvalue weighted by Gasteiger charge is -2.40. The van der Waals surface area contributed by atoms with Crippen molar-refractivity contribution < 1.29 is 14.3 Å². The second-order valence-electron chi connectivity index (χ2n) is 12.3. The highest BCUT2D eigenvalue weighted by atomic mass is 16.6. The van der Waals surface area contributed by atoms with Gasteiger partial charge in [-0.3, -0.25) is 9.78 Å². The summed E-state index contributed by atoms with van der Waals surface area (Å²) in [7, 11) is 0. The molecule has 0 radical (unpaired) electrons. The lowest BCUT2D eigenvalue weighted by Crippen LogP contribution is -2.51. The summed E-state index contributed by atoms with van der Waals surface area (Å²) in [6.07, 6.45) is 6.02. The molecule has 1 saturated carbocycles. The highest BCUT2D eigenvalue weighted by Crippen LogP contribution is 2.39. The van der Waals surface area contributed by atoms with Crippen LogP contribution >= 0.6 is 0 Å². The first-order valence-electron chi connectivity index (χ1n) is 14.4. The van der Waals surface area contributed by atoms with E-state index in [9.17, 15) is 9.59 Å². The number of aryl methyl sites for hydroxylation is 1. The van der Waals surface area contributed by atoms with Gasteiger partial charge in [0.2, 0.25) is 5.91 Å². The number of hydrogen-bond donors (Lipinski definition) is 0. The third kappa shape index (κ3) is 6.38. The molecule has 3 aromatic rings. The third-order valence-corrected chi connectivity index (χ3v) is 8.24. The average Bonchev–Trinajstić information content (AvgIpc) is 3.78. The molecule has 40 heavy (non-hydrogen) atoms. The molecular formula is C34H41N3O3. The van der Waals surface area contributed by atoms with Crippen molar-refractivity contribution in [2.75, 3.05) is 13.1 Å². The maximum Gasteiger partial charge on any atom is 0.410 e. The fourth-order valence-electron chi connectivity index (χ4n) is 5.74. The number of nitrogens with zero attached hydrogens (tertiary/aromatic N) is 3. The Kier molecular flexibility index (Phi) is 7.97. The molecule has 1 aliphatic carbocycles. The Balaban J connectivity index is 1.47. The minimum atomic E-state index is -0.588. The molecule has 5 rings (SSSR count). The SMILES string of the molecule is Cc1cccc(CN(C(=O)[C@H]2CN(C(=O)OC(C)(C)C)CC[C@@H]2c2cccc(-c3ccncc3)c2)C2CC2)c1C. The quantitative estimate of drug-likeness (QED) is 0.342. The molecule has 2 atom stereocenters. The summed E-state index contributed by atoms with van der Waals surface area (Å²) >= 11 is 0. The molecule has 2 heterocycles. The zero-order chi connectivity index (χ0) is 28.4. The van der Waals surface area contributed by atoms with Crippen molar-refractivity contribution in [3.63, 3.8) is 0 Å². The van der Waals surface area contributed by atoms with E-state index in [1.165, 1.54) is 16.7 Å². The third-order valence-electron chi connectivity index (χ3n) is 8.24. The number of carbonyl (C=O) groups excluding carboxylic acids is 2. The summed E-state index contributed by atoms with van der Waals surface area (Å²) in [6, 6.07) is 19.1. The van der Waals surface area contributed by atoms with Crippen LogP contribution < -0.4 is 0 Å². The minimum Gasteiger partial charge on any atom is -0.444 e. The van der Waals surface area contributed by atoms with Gasteiger partial charge in [-0.15, -0.1) is 0 Å². The smallest absolute Gasteiger partial charge is 0.410 e. The predicted molar refractivity (Wildman–Crippen MR) is 158 cm³/mol. The fourth-order valence-corrected chi connectivity index (χ4v) is 5.74. The van der Waals surface area contributed by atoms with Crippen molar-refractivity contribution in [1.29, 1.82) is 0 Å². The van der Waals surface area contributed by atoms with Crippen LogP contribution in [0.15, 0.2) is 67.0 Å². The van der Waals surface area contributed by atoms with Crippen LogP contribution in [-0.4, -0.2) is 51.5 Å². The highest BCUT2D eigenvalue weighted by molar-refractivity contribution is 5.82. The number of hydrogen-bond acceptors (Lipinski definition) is 4. The first-order chi connectivity index (χ1) is 19.1. The van der Waals surface area contributed by atoms with E-state index in [-0.39, 0.29) is 29.9 Å². The molecule has 1 saturated heterocycles. The average molecular weight is 540 g/mol. The summed E-state index contributed by atoms with van der Waals surface area (Å²) in [5.74, 6) is -0.205. The molecule has 2 amide bonds. The molecule has 2 fully saturated rings. The number of benzene rings is 2. The summed E-state index contributed by atoms with van der Waals surface area (Å²) in [5.41, 5.74) is 6.42. The van der Waals surface area contributed by atoms with Crippen LogP contribution in [-0.2, 0) is 16.1 Å². The Morgan fingerprint density at radius 1 is 0.975 bits per heavy atom. The molecule has 0 N–H and O–H groups in total. The van der Waals surface area contributed by atoms with E-state index in [0.29, 0.717) is 26.1 Å². The fraction of sp³-hybridized carbons (Fsp3) is 0.441. The zero-order valence-corrected chi connectivity index (χ0v) is 24.4. The van der Waals surface area contributed by atoms with Crippen LogP contribution in [0, 0.1) is 19.8 Å². The standard InChI is InChI=1S/C34H41N3O3/c1-23-8-6-11-28(24(23)2)21-37(29-12-13-29)32(38)31-22-36(33(39)40-34(3,4)5)19-16-30(31)27-10-7-9-26(20-27)25-14-17-35-18-15-25/h6-11,14-15,17-18,20,29-31H,12-13,16,19,21-22H2,1-5H3/t30-,31+/m1/s1. The van der Waals surface area contributed by atoms with Gasteiger partial charge in [0, 0.05) is 38.1 Å². The van der Waals surface area contributed by atoms with Crippen molar-refractivity contribution in [1.82, 2.24) is 14.8 Å². The van der Waals surface area contributed by atoms with E-state index in [1.807, 2.05) is 32.9 Å². The number of likely N-dealkylation sites (tertiary alicyclic amines) is 1. The number of carbonyl (C=O) groups is 2. The van der Waals surface area contributed by atoms with Gasteiger partial charge in [-0.1, -0.05) is 42.5 Å². The number of amides is 2.